The largest absolute Gasteiger partial charge is 0.497 e. The van der Waals surface area contributed by atoms with Crippen molar-refractivity contribution in [2.24, 2.45) is 11.8 Å². The first-order valence-corrected chi connectivity index (χ1v) is 9.54. The van der Waals surface area contributed by atoms with Gasteiger partial charge in [0.25, 0.3) is 0 Å². The number of esters is 1. The van der Waals surface area contributed by atoms with Crippen LogP contribution in [0.25, 0.3) is 5.57 Å². The molecule has 1 aliphatic carbocycles. The lowest BCUT2D eigenvalue weighted by molar-refractivity contribution is -0.140. The molecular weight excluding hydrogens is 326 g/mol. The molecule has 0 aromatic heterocycles. The van der Waals surface area contributed by atoms with Crippen molar-refractivity contribution in [1.29, 1.82) is 5.26 Å². The quantitative estimate of drug-likeness (QED) is 0.377. The van der Waals surface area contributed by atoms with Crippen LogP contribution >= 0.6 is 0 Å². The van der Waals surface area contributed by atoms with E-state index in [0.717, 1.165) is 54.6 Å². The van der Waals surface area contributed by atoms with Gasteiger partial charge in [0, 0.05) is 0 Å². The van der Waals surface area contributed by atoms with E-state index in [9.17, 15) is 10.1 Å². The van der Waals surface area contributed by atoms with E-state index in [1.165, 1.54) is 0 Å². The molecule has 0 N–H and O–H groups in total. The third-order valence-electron chi connectivity index (χ3n) is 5.20. The van der Waals surface area contributed by atoms with E-state index in [1.54, 1.807) is 7.11 Å². The molecule has 0 aliphatic heterocycles. The third-order valence-corrected chi connectivity index (χ3v) is 5.20. The molecule has 4 nitrogen and oxygen atoms in total. The molecule has 1 aromatic rings. The van der Waals surface area contributed by atoms with E-state index in [0.29, 0.717) is 12.5 Å². The maximum Gasteiger partial charge on any atom is 0.349 e. The van der Waals surface area contributed by atoms with Gasteiger partial charge in [-0.1, -0.05) is 46.1 Å². The van der Waals surface area contributed by atoms with Gasteiger partial charge in [0.1, 0.15) is 17.4 Å². The molecule has 2 rings (SSSR count). The van der Waals surface area contributed by atoms with Crippen LogP contribution in [0.2, 0.25) is 0 Å². The fraction of sp³-hybridized carbons (Fsp3) is 0.545. The van der Waals surface area contributed by atoms with Crippen molar-refractivity contribution in [3.8, 4) is 11.8 Å². The first-order chi connectivity index (χ1) is 12.5. The zero-order chi connectivity index (χ0) is 19.1. The van der Waals surface area contributed by atoms with Crippen LogP contribution in [0.15, 0.2) is 23.8 Å². The Kier molecular flexibility index (Phi) is 7.26. The van der Waals surface area contributed by atoms with Crippen LogP contribution in [-0.2, 0) is 16.0 Å². The van der Waals surface area contributed by atoms with E-state index in [-0.39, 0.29) is 11.5 Å². The number of fused-ring (bicyclic) bond motifs is 1. The monoisotopic (exact) mass is 355 g/mol. The Hall–Kier alpha value is -2.28. The minimum Gasteiger partial charge on any atom is -0.497 e. The second-order valence-corrected chi connectivity index (χ2v) is 7.04. The molecule has 0 amide bonds. The zero-order valence-electron chi connectivity index (χ0n) is 16.3. The summed E-state index contributed by atoms with van der Waals surface area (Å²) in [6.45, 7) is 6.70. The molecule has 0 heterocycles. The number of nitrogens with zero attached hydrogens (tertiary/aromatic N) is 1. The number of carbonyl (C=O) groups excluding carboxylic acids is 1. The summed E-state index contributed by atoms with van der Waals surface area (Å²) in [7, 11) is 1.64. The van der Waals surface area contributed by atoms with Crippen molar-refractivity contribution in [2.75, 3.05) is 13.7 Å². The van der Waals surface area contributed by atoms with Gasteiger partial charge >= 0.3 is 5.97 Å². The number of methoxy groups -OCH3 is 1. The Morgan fingerprint density at radius 2 is 2.15 bits per heavy atom. The molecule has 0 spiro atoms. The molecule has 2 atom stereocenters. The molecule has 0 bridgehead atoms. The lowest BCUT2D eigenvalue weighted by Crippen LogP contribution is -2.16. The van der Waals surface area contributed by atoms with Crippen molar-refractivity contribution in [3.63, 3.8) is 0 Å². The lowest BCUT2D eigenvalue weighted by Gasteiger charge is -2.15. The summed E-state index contributed by atoms with van der Waals surface area (Å²) in [5.41, 5.74) is 3.02. The number of benzene rings is 1. The van der Waals surface area contributed by atoms with E-state index >= 15 is 0 Å². The Morgan fingerprint density at radius 3 is 2.77 bits per heavy atom. The van der Waals surface area contributed by atoms with Crippen molar-refractivity contribution >= 4 is 11.5 Å². The van der Waals surface area contributed by atoms with Crippen molar-refractivity contribution in [1.82, 2.24) is 0 Å². The normalized spacial score (nSPS) is 18.7. The number of ether oxygens (including phenoxy) is 2. The fourth-order valence-corrected chi connectivity index (χ4v) is 3.59. The van der Waals surface area contributed by atoms with Gasteiger partial charge in [-0.2, -0.15) is 5.26 Å². The Labute approximate surface area is 156 Å². The number of hydrogen-bond donors (Lipinski definition) is 0. The summed E-state index contributed by atoms with van der Waals surface area (Å²) in [6, 6.07) is 7.89. The van der Waals surface area contributed by atoms with E-state index in [2.05, 4.69) is 19.9 Å². The molecule has 0 saturated carbocycles. The summed E-state index contributed by atoms with van der Waals surface area (Å²) >= 11 is 0. The van der Waals surface area contributed by atoms with Crippen molar-refractivity contribution in [3.05, 3.63) is 34.9 Å². The number of carbonyl (C=O) groups is 1. The average Bonchev–Trinajstić information content (AvgIpc) is 2.97. The molecule has 0 radical (unpaired) electrons. The predicted molar refractivity (Wildman–Crippen MR) is 103 cm³/mol. The first-order valence-electron chi connectivity index (χ1n) is 9.54. The molecule has 2 unspecified atom stereocenters. The molecular formula is C22H29NO3. The smallest absolute Gasteiger partial charge is 0.349 e. The number of rotatable bonds is 8. The number of allylic oxidation sites excluding steroid dienone is 1. The highest BCUT2D eigenvalue weighted by Gasteiger charge is 2.30. The van der Waals surface area contributed by atoms with Crippen LogP contribution in [0.4, 0.5) is 0 Å². The lowest BCUT2D eigenvalue weighted by atomic mass is 9.96. The zero-order valence-corrected chi connectivity index (χ0v) is 16.3. The second kappa shape index (κ2) is 9.43. The van der Waals surface area contributed by atoms with Gasteiger partial charge in [-0.3, -0.25) is 0 Å². The highest BCUT2D eigenvalue weighted by atomic mass is 16.5. The summed E-state index contributed by atoms with van der Waals surface area (Å²) in [5.74, 6) is 0.774. The Balaban J connectivity index is 2.21. The maximum atomic E-state index is 12.6. The van der Waals surface area contributed by atoms with Crippen LogP contribution in [0.5, 0.6) is 5.75 Å². The molecule has 0 saturated heterocycles. The van der Waals surface area contributed by atoms with Gasteiger partial charge in [-0.15, -0.1) is 0 Å². The Bertz CT molecular complexity index is 715. The topological polar surface area (TPSA) is 59.3 Å². The average molecular weight is 355 g/mol. The van der Waals surface area contributed by atoms with Crippen LogP contribution in [0.3, 0.4) is 0 Å². The summed E-state index contributed by atoms with van der Waals surface area (Å²) < 4.78 is 10.8. The standard InChI is InChI=1S/C22H29NO3/c1-5-7-8-16(6-2)14-26-22(24)20(13-23)21-15(3)11-17-12-18(25-4)9-10-19(17)21/h9-10,12,15-16H,5-8,11,14H2,1-4H3/b21-20-. The van der Waals surface area contributed by atoms with Gasteiger partial charge in [-0.25, -0.2) is 4.79 Å². The number of unbranched alkanes of at least 4 members (excludes halogenated alkanes) is 1. The van der Waals surface area contributed by atoms with Gasteiger partial charge in [-0.05, 0) is 53.5 Å². The van der Waals surface area contributed by atoms with Crippen LogP contribution in [0, 0.1) is 23.2 Å². The summed E-state index contributed by atoms with van der Waals surface area (Å²) in [6.07, 6.45) is 5.10. The molecule has 0 fully saturated rings. The van der Waals surface area contributed by atoms with Crippen LogP contribution < -0.4 is 4.74 Å². The number of nitriles is 1. The van der Waals surface area contributed by atoms with Crippen LogP contribution in [0.1, 0.15) is 57.6 Å². The fourth-order valence-electron chi connectivity index (χ4n) is 3.59. The molecule has 1 aromatic carbocycles. The molecule has 140 valence electrons. The second-order valence-electron chi connectivity index (χ2n) is 7.04. The van der Waals surface area contributed by atoms with E-state index in [4.69, 9.17) is 9.47 Å². The maximum absolute atomic E-state index is 12.6. The van der Waals surface area contributed by atoms with Gasteiger partial charge in [0.15, 0.2) is 0 Å². The SMILES string of the molecule is CCCCC(CC)COC(=O)/C(C#N)=C1\c2ccc(OC)cc2CC1C. The van der Waals surface area contributed by atoms with Crippen molar-refractivity contribution in [2.45, 2.75) is 52.9 Å². The third kappa shape index (κ3) is 4.46. The summed E-state index contributed by atoms with van der Waals surface area (Å²) in [4.78, 5) is 12.6. The van der Waals surface area contributed by atoms with Crippen LogP contribution in [-0.4, -0.2) is 19.7 Å². The van der Waals surface area contributed by atoms with Gasteiger partial charge in [0.05, 0.1) is 13.7 Å². The minimum atomic E-state index is -0.493. The predicted octanol–water partition coefficient (Wildman–Crippen LogP) is 4.92. The Morgan fingerprint density at radius 1 is 1.38 bits per heavy atom. The van der Waals surface area contributed by atoms with E-state index < -0.39 is 5.97 Å². The highest BCUT2D eigenvalue weighted by molar-refractivity contribution is 6.03. The minimum absolute atomic E-state index is 0.112. The van der Waals surface area contributed by atoms with Crippen molar-refractivity contribution < 1.29 is 14.3 Å². The summed E-state index contributed by atoms with van der Waals surface area (Å²) in [5, 5.41) is 9.63. The molecule has 26 heavy (non-hydrogen) atoms. The van der Waals surface area contributed by atoms with E-state index in [1.807, 2.05) is 25.1 Å². The molecule has 1 aliphatic rings. The number of hydrogen-bond acceptors (Lipinski definition) is 4. The first kappa shape index (κ1) is 20.0. The van der Waals surface area contributed by atoms with Gasteiger partial charge in [0.2, 0.25) is 0 Å². The van der Waals surface area contributed by atoms with Gasteiger partial charge < -0.3 is 9.47 Å². The highest BCUT2D eigenvalue weighted by Crippen LogP contribution is 2.40. The molecule has 4 heteroatoms.